The molecular weight excluding hydrogens is 168 g/mol. The Morgan fingerprint density at radius 1 is 1.54 bits per heavy atom. The molecule has 0 atom stereocenters. The van der Waals surface area contributed by atoms with E-state index in [2.05, 4.69) is 4.98 Å². The molecule has 1 aliphatic rings. The molecule has 68 valence electrons. The van der Waals surface area contributed by atoms with Gasteiger partial charge in [0.25, 0.3) is 5.91 Å². The van der Waals surface area contributed by atoms with E-state index in [1.807, 2.05) is 0 Å². The van der Waals surface area contributed by atoms with Gasteiger partial charge >= 0.3 is 0 Å². The van der Waals surface area contributed by atoms with Gasteiger partial charge < -0.3 is 9.64 Å². The van der Waals surface area contributed by atoms with Crippen LogP contribution in [0.1, 0.15) is 10.5 Å². The highest BCUT2D eigenvalue weighted by Crippen LogP contribution is 2.05. The molecule has 0 saturated carbocycles. The Bertz CT molecular complexity index is 294. The minimum atomic E-state index is -0.0573. The van der Waals surface area contributed by atoms with Crippen molar-refractivity contribution < 1.29 is 9.53 Å². The highest BCUT2D eigenvalue weighted by Gasteiger charge is 2.20. The van der Waals surface area contributed by atoms with Gasteiger partial charge in [-0.05, 0) is 12.1 Å². The standard InChI is InChI=1S/C9H10N2O2/c12-9(11-5-6-13-7-11)8-3-1-2-4-10-8/h1-4H,5-7H2. The van der Waals surface area contributed by atoms with Gasteiger partial charge in [0.1, 0.15) is 12.4 Å². The molecule has 0 radical (unpaired) electrons. The summed E-state index contributed by atoms with van der Waals surface area (Å²) in [6.07, 6.45) is 1.62. The van der Waals surface area contributed by atoms with Crippen LogP contribution >= 0.6 is 0 Å². The summed E-state index contributed by atoms with van der Waals surface area (Å²) in [6.45, 7) is 1.67. The lowest BCUT2D eigenvalue weighted by molar-refractivity contribution is 0.0689. The summed E-state index contributed by atoms with van der Waals surface area (Å²) in [5.74, 6) is -0.0573. The van der Waals surface area contributed by atoms with Crippen LogP contribution in [0.25, 0.3) is 0 Å². The first-order valence-electron chi connectivity index (χ1n) is 4.16. The first kappa shape index (κ1) is 8.19. The minimum Gasteiger partial charge on any atom is -0.359 e. The molecular formula is C9H10N2O2. The molecule has 2 rings (SSSR count). The van der Waals surface area contributed by atoms with Gasteiger partial charge in [-0.25, -0.2) is 0 Å². The van der Waals surface area contributed by atoms with Crippen LogP contribution in [0, 0.1) is 0 Å². The zero-order valence-electron chi connectivity index (χ0n) is 7.14. The second kappa shape index (κ2) is 3.53. The maximum absolute atomic E-state index is 11.6. The van der Waals surface area contributed by atoms with Crippen molar-refractivity contribution in [2.24, 2.45) is 0 Å². The van der Waals surface area contributed by atoms with Crippen LogP contribution < -0.4 is 0 Å². The van der Waals surface area contributed by atoms with Crippen LogP contribution in [0.2, 0.25) is 0 Å². The maximum Gasteiger partial charge on any atom is 0.274 e. The van der Waals surface area contributed by atoms with Crippen molar-refractivity contribution in [2.45, 2.75) is 0 Å². The van der Waals surface area contributed by atoms with Crippen molar-refractivity contribution >= 4 is 5.91 Å². The molecule has 4 nitrogen and oxygen atoms in total. The number of nitrogens with zero attached hydrogens (tertiary/aromatic N) is 2. The zero-order valence-corrected chi connectivity index (χ0v) is 7.14. The maximum atomic E-state index is 11.6. The summed E-state index contributed by atoms with van der Waals surface area (Å²) in [5.41, 5.74) is 0.480. The first-order chi connectivity index (χ1) is 6.38. The largest absolute Gasteiger partial charge is 0.359 e. The number of ether oxygens (including phenoxy) is 1. The highest BCUT2D eigenvalue weighted by atomic mass is 16.5. The minimum absolute atomic E-state index is 0.0573. The summed E-state index contributed by atoms with van der Waals surface area (Å²) in [5, 5.41) is 0. The van der Waals surface area contributed by atoms with E-state index in [4.69, 9.17) is 4.74 Å². The zero-order chi connectivity index (χ0) is 9.10. The number of rotatable bonds is 1. The van der Waals surface area contributed by atoms with E-state index in [1.165, 1.54) is 0 Å². The van der Waals surface area contributed by atoms with Crippen molar-refractivity contribution in [3.63, 3.8) is 0 Å². The number of hydrogen-bond donors (Lipinski definition) is 0. The average Bonchev–Trinajstić information content (AvgIpc) is 2.71. The molecule has 1 amide bonds. The highest BCUT2D eigenvalue weighted by molar-refractivity contribution is 5.92. The SMILES string of the molecule is O=C(c1ccccn1)N1CCOC1. The van der Waals surface area contributed by atoms with Gasteiger partial charge in [-0.3, -0.25) is 9.78 Å². The number of amides is 1. The second-order valence-electron chi connectivity index (χ2n) is 2.82. The van der Waals surface area contributed by atoms with E-state index in [-0.39, 0.29) is 5.91 Å². The Labute approximate surface area is 76.1 Å². The summed E-state index contributed by atoms with van der Waals surface area (Å²) in [6, 6.07) is 5.30. The molecule has 1 aliphatic heterocycles. The molecule has 0 spiro atoms. The van der Waals surface area contributed by atoms with E-state index in [0.29, 0.717) is 25.6 Å². The van der Waals surface area contributed by atoms with Crippen LogP contribution in [-0.2, 0) is 4.74 Å². The Kier molecular flexibility index (Phi) is 2.23. The quantitative estimate of drug-likeness (QED) is 0.629. The van der Waals surface area contributed by atoms with Crippen molar-refractivity contribution in [1.29, 1.82) is 0 Å². The van der Waals surface area contributed by atoms with E-state index in [1.54, 1.807) is 29.3 Å². The third-order valence-electron chi connectivity index (χ3n) is 1.92. The molecule has 1 fully saturated rings. The van der Waals surface area contributed by atoms with Gasteiger partial charge in [0.2, 0.25) is 0 Å². The number of pyridine rings is 1. The molecule has 0 N–H and O–H groups in total. The molecule has 0 unspecified atom stereocenters. The molecule has 13 heavy (non-hydrogen) atoms. The third kappa shape index (κ3) is 1.67. The lowest BCUT2D eigenvalue weighted by Crippen LogP contribution is -2.28. The smallest absolute Gasteiger partial charge is 0.274 e. The van der Waals surface area contributed by atoms with Gasteiger partial charge in [0, 0.05) is 12.7 Å². The predicted octanol–water partition coefficient (Wildman–Crippen LogP) is 0.511. The van der Waals surface area contributed by atoms with Crippen molar-refractivity contribution in [2.75, 3.05) is 19.9 Å². The summed E-state index contributed by atoms with van der Waals surface area (Å²) in [7, 11) is 0. The van der Waals surface area contributed by atoms with Crippen LogP contribution in [0.5, 0.6) is 0 Å². The fourth-order valence-corrected chi connectivity index (χ4v) is 1.23. The van der Waals surface area contributed by atoms with E-state index in [9.17, 15) is 4.79 Å². The van der Waals surface area contributed by atoms with E-state index in [0.717, 1.165) is 0 Å². The molecule has 2 heterocycles. The van der Waals surface area contributed by atoms with Crippen molar-refractivity contribution in [1.82, 2.24) is 9.88 Å². The summed E-state index contributed by atoms with van der Waals surface area (Å²) < 4.78 is 5.08. The Balaban J connectivity index is 2.13. The number of carbonyl (C=O) groups excluding carboxylic acids is 1. The molecule has 0 bridgehead atoms. The lowest BCUT2D eigenvalue weighted by Gasteiger charge is -2.11. The number of hydrogen-bond acceptors (Lipinski definition) is 3. The third-order valence-corrected chi connectivity index (χ3v) is 1.92. The van der Waals surface area contributed by atoms with Crippen molar-refractivity contribution in [3.05, 3.63) is 30.1 Å². The van der Waals surface area contributed by atoms with Gasteiger partial charge in [-0.15, -0.1) is 0 Å². The Morgan fingerprint density at radius 3 is 3.08 bits per heavy atom. The topological polar surface area (TPSA) is 42.4 Å². The summed E-state index contributed by atoms with van der Waals surface area (Å²) >= 11 is 0. The molecule has 1 aromatic heterocycles. The molecule has 0 aliphatic carbocycles. The average molecular weight is 178 g/mol. The second-order valence-corrected chi connectivity index (χ2v) is 2.82. The fourth-order valence-electron chi connectivity index (χ4n) is 1.23. The van der Waals surface area contributed by atoms with E-state index < -0.39 is 0 Å². The Morgan fingerprint density at radius 2 is 2.46 bits per heavy atom. The van der Waals surface area contributed by atoms with Crippen molar-refractivity contribution in [3.8, 4) is 0 Å². The van der Waals surface area contributed by atoms with Gasteiger partial charge in [-0.1, -0.05) is 6.07 Å². The van der Waals surface area contributed by atoms with Crippen LogP contribution in [-0.4, -0.2) is 35.7 Å². The van der Waals surface area contributed by atoms with Crippen LogP contribution in [0.3, 0.4) is 0 Å². The number of carbonyl (C=O) groups is 1. The molecule has 1 saturated heterocycles. The van der Waals surface area contributed by atoms with Crippen LogP contribution in [0.15, 0.2) is 24.4 Å². The van der Waals surface area contributed by atoms with Gasteiger partial charge in [0.05, 0.1) is 6.61 Å². The molecule has 1 aromatic rings. The first-order valence-corrected chi connectivity index (χ1v) is 4.16. The Hall–Kier alpha value is -1.42. The normalized spacial score (nSPS) is 16.2. The van der Waals surface area contributed by atoms with Gasteiger partial charge in [-0.2, -0.15) is 0 Å². The van der Waals surface area contributed by atoms with E-state index >= 15 is 0 Å². The summed E-state index contributed by atoms with van der Waals surface area (Å²) in [4.78, 5) is 17.2. The molecule has 4 heteroatoms. The van der Waals surface area contributed by atoms with Gasteiger partial charge in [0.15, 0.2) is 0 Å². The van der Waals surface area contributed by atoms with Crippen LogP contribution in [0.4, 0.5) is 0 Å². The number of aromatic nitrogens is 1. The monoisotopic (exact) mass is 178 g/mol. The molecule has 0 aromatic carbocycles. The fraction of sp³-hybridized carbons (Fsp3) is 0.333. The lowest BCUT2D eigenvalue weighted by atomic mass is 10.3. The predicted molar refractivity (Wildman–Crippen MR) is 46.1 cm³/mol.